The molecule has 6 heteroatoms. The molecule has 110 valence electrons. The van der Waals surface area contributed by atoms with Crippen molar-refractivity contribution < 1.29 is 17.9 Å². The van der Waals surface area contributed by atoms with Crippen molar-refractivity contribution in [3.8, 4) is 0 Å². The van der Waals surface area contributed by atoms with Gasteiger partial charge in [0, 0.05) is 12.5 Å². The Morgan fingerprint density at radius 1 is 1.19 bits per heavy atom. The van der Waals surface area contributed by atoms with Gasteiger partial charge in [-0.05, 0) is 29.8 Å². The van der Waals surface area contributed by atoms with Crippen LogP contribution in [0.25, 0.3) is 0 Å². The summed E-state index contributed by atoms with van der Waals surface area (Å²) in [7, 11) is -3.14. The van der Waals surface area contributed by atoms with Gasteiger partial charge in [-0.1, -0.05) is 18.2 Å². The van der Waals surface area contributed by atoms with E-state index in [0.717, 1.165) is 6.26 Å². The van der Waals surface area contributed by atoms with E-state index in [4.69, 9.17) is 4.74 Å². The molecule has 2 rings (SSSR count). The molecule has 1 aromatic carbocycles. The van der Waals surface area contributed by atoms with Gasteiger partial charge in [0.05, 0.1) is 17.0 Å². The first kappa shape index (κ1) is 15.2. The standard InChI is InChI=1S/C15H15NO4S/c1-21(18,19)11-12-5-4-6-13(9-12)15(17)20-10-14-7-2-3-8-16-14/h2-9H,10-11H2,1H3. The molecule has 0 amide bonds. The van der Waals surface area contributed by atoms with Crippen LogP contribution in [0.15, 0.2) is 48.7 Å². The Hall–Kier alpha value is -2.21. The first-order valence-electron chi connectivity index (χ1n) is 6.28. The van der Waals surface area contributed by atoms with Crippen LogP contribution in [0.2, 0.25) is 0 Å². The molecule has 0 bridgehead atoms. The lowest BCUT2D eigenvalue weighted by Gasteiger charge is -2.06. The molecule has 0 aliphatic carbocycles. The van der Waals surface area contributed by atoms with Gasteiger partial charge in [-0.15, -0.1) is 0 Å². The highest BCUT2D eigenvalue weighted by molar-refractivity contribution is 7.89. The highest BCUT2D eigenvalue weighted by Crippen LogP contribution is 2.11. The zero-order valence-electron chi connectivity index (χ0n) is 11.5. The fraction of sp³-hybridized carbons (Fsp3) is 0.200. The van der Waals surface area contributed by atoms with Gasteiger partial charge >= 0.3 is 5.97 Å². The molecule has 5 nitrogen and oxygen atoms in total. The molecule has 1 aromatic heterocycles. The average Bonchev–Trinajstić information content (AvgIpc) is 2.44. The Morgan fingerprint density at radius 2 is 2.00 bits per heavy atom. The van der Waals surface area contributed by atoms with Gasteiger partial charge in [-0.25, -0.2) is 13.2 Å². The Kier molecular flexibility index (Phi) is 4.70. The highest BCUT2D eigenvalue weighted by atomic mass is 32.2. The molecule has 21 heavy (non-hydrogen) atoms. The zero-order valence-corrected chi connectivity index (χ0v) is 12.3. The van der Waals surface area contributed by atoms with Crippen molar-refractivity contribution in [2.45, 2.75) is 12.4 Å². The van der Waals surface area contributed by atoms with Crippen LogP contribution in [0.4, 0.5) is 0 Å². The minimum atomic E-state index is -3.14. The number of esters is 1. The Labute approximate surface area is 123 Å². The van der Waals surface area contributed by atoms with Crippen molar-refractivity contribution in [3.63, 3.8) is 0 Å². The molecule has 0 N–H and O–H groups in total. The third-order valence-corrected chi connectivity index (χ3v) is 3.53. The summed E-state index contributed by atoms with van der Waals surface area (Å²) in [5, 5.41) is 0. The Morgan fingerprint density at radius 3 is 2.67 bits per heavy atom. The molecule has 0 aliphatic heterocycles. The lowest BCUT2D eigenvalue weighted by atomic mass is 10.1. The van der Waals surface area contributed by atoms with Crippen molar-refractivity contribution in [3.05, 3.63) is 65.5 Å². The summed E-state index contributed by atoms with van der Waals surface area (Å²) in [6, 6.07) is 11.8. The van der Waals surface area contributed by atoms with E-state index in [-0.39, 0.29) is 12.4 Å². The van der Waals surface area contributed by atoms with Crippen LogP contribution in [0.5, 0.6) is 0 Å². The number of sulfone groups is 1. The first-order valence-corrected chi connectivity index (χ1v) is 8.34. The molecule has 0 saturated carbocycles. The van der Waals surface area contributed by atoms with Crippen LogP contribution < -0.4 is 0 Å². The topological polar surface area (TPSA) is 73.3 Å². The predicted molar refractivity (Wildman–Crippen MR) is 78.3 cm³/mol. The van der Waals surface area contributed by atoms with Crippen LogP contribution in [-0.4, -0.2) is 25.6 Å². The average molecular weight is 305 g/mol. The molecular weight excluding hydrogens is 290 g/mol. The Balaban J connectivity index is 2.04. The first-order chi connectivity index (χ1) is 9.94. The van der Waals surface area contributed by atoms with E-state index in [2.05, 4.69) is 4.98 Å². The third kappa shape index (κ3) is 5.00. The van der Waals surface area contributed by atoms with E-state index in [1.54, 1.807) is 36.5 Å². The van der Waals surface area contributed by atoms with Crippen molar-refractivity contribution in [2.75, 3.05) is 6.26 Å². The minimum absolute atomic E-state index is 0.0793. The number of aromatic nitrogens is 1. The van der Waals surface area contributed by atoms with Gasteiger partial charge in [-0.2, -0.15) is 0 Å². The molecule has 0 aliphatic rings. The second kappa shape index (κ2) is 6.49. The number of nitrogens with zero attached hydrogens (tertiary/aromatic N) is 1. The maximum absolute atomic E-state index is 11.9. The van der Waals surface area contributed by atoms with Crippen LogP contribution in [0, 0.1) is 0 Å². The number of pyridine rings is 1. The summed E-state index contributed by atoms with van der Waals surface area (Å²) in [4.78, 5) is 16.0. The molecule has 0 fully saturated rings. The van der Waals surface area contributed by atoms with E-state index >= 15 is 0 Å². The molecule has 0 saturated heterocycles. The molecular formula is C15H15NO4S. The van der Waals surface area contributed by atoms with Gasteiger partial charge in [-0.3, -0.25) is 4.98 Å². The second-order valence-corrected chi connectivity index (χ2v) is 6.81. The number of hydrogen-bond donors (Lipinski definition) is 0. The maximum Gasteiger partial charge on any atom is 0.338 e. The van der Waals surface area contributed by atoms with E-state index in [0.29, 0.717) is 16.8 Å². The van der Waals surface area contributed by atoms with Crippen molar-refractivity contribution in [2.24, 2.45) is 0 Å². The van der Waals surface area contributed by atoms with Crippen molar-refractivity contribution >= 4 is 15.8 Å². The summed E-state index contributed by atoms with van der Waals surface area (Å²) in [6.45, 7) is 0.0793. The molecule has 0 radical (unpaired) electrons. The number of benzene rings is 1. The minimum Gasteiger partial charge on any atom is -0.456 e. The quantitative estimate of drug-likeness (QED) is 0.790. The number of carbonyl (C=O) groups is 1. The van der Waals surface area contributed by atoms with Gasteiger partial charge in [0.25, 0.3) is 0 Å². The molecule has 0 atom stereocenters. The van der Waals surface area contributed by atoms with Gasteiger partial charge in [0.15, 0.2) is 9.84 Å². The van der Waals surface area contributed by atoms with E-state index in [1.807, 2.05) is 6.07 Å². The SMILES string of the molecule is CS(=O)(=O)Cc1cccc(C(=O)OCc2ccccn2)c1. The summed E-state index contributed by atoms with van der Waals surface area (Å²) in [5.41, 5.74) is 1.54. The molecule has 1 heterocycles. The summed E-state index contributed by atoms with van der Waals surface area (Å²) in [5.74, 6) is -0.607. The van der Waals surface area contributed by atoms with E-state index in [9.17, 15) is 13.2 Å². The normalized spacial score (nSPS) is 11.1. The summed E-state index contributed by atoms with van der Waals surface area (Å²) >= 11 is 0. The lowest BCUT2D eigenvalue weighted by molar-refractivity contribution is 0.0467. The van der Waals surface area contributed by atoms with Gasteiger partial charge < -0.3 is 4.74 Å². The van der Waals surface area contributed by atoms with Crippen LogP contribution in [-0.2, 0) is 26.9 Å². The lowest BCUT2D eigenvalue weighted by Crippen LogP contribution is -2.07. The van der Waals surface area contributed by atoms with Crippen LogP contribution in [0.1, 0.15) is 21.6 Å². The fourth-order valence-corrected chi connectivity index (χ4v) is 2.58. The van der Waals surface area contributed by atoms with Crippen molar-refractivity contribution in [1.29, 1.82) is 0 Å². The van der Waals surface area contributed by atoms with Crippen LogP contribution in [0.3, 0.4) is 0 Å². The van der Waals surface area contributed by atoms with Crippen LogP contribution >= 0.6 is 0 Å². The zero-order chi connectivity index (χ0) is 15.3. The van der Waals surface area contributed by atoms with Gasteiger partial charge in [0.2, 0.25) is 0 Å². The highest BCUT2D eigenvalue weighted by Gasteiger charge is 2.10. The predicted octanol–water partition coefficient (Wildman–Crippen LogP) is 1.98. The van der Waals surface area contributed by atoms with E-state index in [1.165, 1.54) is 6.07 Å². The smallest absolute Gasteiger partial charge is 0.338 e. The maximum atomic E-state index is 11.9. The number of carbonyl (C=O) groups excluding carboxylic acids is 1. The number of hydrogen-bond acceptors (Lipinski definition) is 5. The number of rotatable bonds is 5. The van der Waals surface area contributed by atoms with Gasteiger partial charge in [0.1, 0.15) is 6.61 Å². The second-order valence-electron chi connectivity index (χ2n) is 4.67. The van der Waals surface area contributed by atoms with E-state index < -0.39 is 15.8 Å². The monoisotopic (exact) mass is 305 g/mol. The third-order valence-electron chi connectivity index (χ3n) is 2.67. The molecule has 0 unspecified atom stereocenters. The summed E-state index contributed by atoms with van der Waals surface area (Å²) in [6.07, 6.45) is 2.77. The summed E-state index contributed by atoms with van der Waals surface area (Å²) < 4.78 is 27.7. The largest absolute Gasteiger partial charge is 0.456 e. The molecule has 2 aromatic rings. The van der Waals surface area contributed by atoms with Crippen molar-refractivity contribution in [1.82, 2.24) is 4.98 Å². The number of ether oxygens (including phenoxy) is 1. The molecule has 0 spiro atoms. The fourth-order valence-electron chi connectivity index (χ4n) is 1.80. The Bertz CT molecular complexity index is 726.